The van der Waals surface area contributed by atoms with Crippen LogP contribution in [0.3, 0.4) is 0 Å². The number of hydrogen-bond acceptors (Lipinski definition) is 1. The highest BCUT2D eigenvalue weighted by molar-refractivity contribution is 7.08. The van der Waals surface area contributed by atoms with Crippen LogP contribution in [0, 0.1) is 0 Å². The number of hydrogen-bond donors (Lipinski definition) is 0. The van der Waals surface area contributed by atoms with Crippen molar-refractivity contribution in [3.8, 4) is 0 Å². The SMILES string of the molecule is CCCCCC=Cc1ccsc1. The molecular formula is C11H16S. The fourth-order valence-corrected chi connectivity index (χ4v) is 1.73. The topological polar surface area (TPSA) is 0 Å². The summed E-state index contributed by atoms with van der Waals surface area (Å²) in [5, 5.41) is 4.29. The molecule has 0 amide bonds. The number of allylic oxidation sites excluding steroid dienone is 1. The smallest absolute Gasteiger partial charge is 0.00209 e. The van der Waals surface area contributed by atoms with E-state index in [2.05, 4.69) is 35.9 Å². The highest BCUT2D eigenvalue weighted by Crippen LogP contribution is 2.09. The summed E-state index contributed by atoms with van der Waals surface area (Å²) in [6.45, 7) is 2.24. The molecule has 66 valence electrons. The number of unbranched alkanes of at least 4 members (excludes halogenated alkanes) is 3. The zero-order valence-corrected chi connectivity index (χ0v) is 8.44. The Bertz CT molecular complexity index is 209. The van der Waals surface area contributed by atoms with Gasteiger partial charge in [0.1, 0.15) is 0 Å². The average molecular weight is 180 g/mol. The fraction of sp³-hybridized carbons (Fsp3) is 0.455. The zero-order valence-electron chi connectivity index (χ0n) is 7.62. The molecular weight excluding hydrogens is 164 g/mol. The van der Waals surface area contributed by atoms with E-state index in [-0.39, 0.29) is 0 Å². The molecule has 1 aromatic heterocycles. The first kappa shape index (κ1) is 9.53. The first-order chi connectivity index (χ1) is 5.93. The molecule has 0 aromatic carbocycles. The molecule has 1 heterocycles. The van der Waals surface area contributed by atoms with Crippen molar-refractivity contribution in [3.05, 3.63) is 28.5 Å². The largest absolute Gasteiger partial charge is 0.152 e. The lowest BCUT2D eigenvalue weighted by molar-refractivity contribution is 0.730. The van der Waals surface area contributed by atoms with Crippen LogP contribution in [0.5, 0.6) is 0 Å². The minimum atomic E-state index is 1.23. The third-order valence-electron chi connectivity index (χ3n) is 1.83. The molecule has 1 rings (SSSR count). The van der Waals surface area contributed by atoms with E-state index in [1.807, 2.05) is 0 Å². The maximum atomic E-state index is 2.28. The van der Waals surface area contributed by atoms with Crippen LogP contribution in [0.4, 0.5) is 0 Å². The summed E-state index contributed by atoms with van der Waals surface area (Å²) in [5.74, 6) is 0. The Morgan fingerprint density at radius 1 is 1.42 bits per heavy atom. The van der Waals surface area contributed by atoms with E-state index in [4.69, 9.17) is 0 Å². The van der Waals surface area contributed by atoms with Gasteiger partial charge in [-0.15, -0.1) is 0 Å². The molecule has 0 fully saturated rings. The molecule has 0 bridgehead atoms. The van der Waals surface area contributed by atoms with Gasteiger partial charge in [0.15, 0.2) is 0 Å². The van der Waals surface area contributed by atoms with Crippen molar-refractivity contribution in [2.75, 3.05) is 0 Å². The van der Waals surface area contributed by atoms with Crippen molar-refractivity contribution in [3.63, 3.8) is 0 Å². The molecule has 12 heavy (non-hydrogen) atoms. The van der Waals surface area contributed by atoms with E-state index >= 15 is 0 Å². The van der Waals surface area contributed by atoms with E-state index in [1.54, 1.807) is 11.3 Å². The van der Waals surface area contributed by atoms with E-state index in [0.717, 1.165) is 0 Å². The molecule has 0 aliphatic rings. The summed E-state index contributed by atoms with van der Waals surface area (Å²) >= 11 is 1.76. The molecule has 1 heteroatoms. The maximum Gasteiger partial charge on any atom is -0.00209 e. The van der Waals surface area contributed by atoms with Crippen LogP contribution in [0.25, 0.3) is 6.08 Å². The number of thiophene rings is 1. The van der Waals surface area contributed by atoms with Gasteiger partial charge >= 0.3 is 0 Å². The minimum Gasteiger partial charge on any atom is -0.152 e. The van der Waals surface area contributed by atoms with Gasteiger partial charge in [0, 0.05) is 0 Å². The van der Waals surface area contributed by atoms with E-state index < -0.39 is 0 Å². The predicted octanol–water partition coefficient (Wildman–Crippen LogP) is 4.34. The van der Waals surface area contributed by atoms with Gasteiger partial charge in [-0.1, -0.05) is 31.9 Å². The Labute approximate surface area is 78.9 Å². The van der Waals surface area contributed by atoms with Crippen molar-refractivity contribution >= 4 is 17.4 Å². The predicted molar refractivity (Wildman–Crippen MR) is 57.5 cm³/mol. The molecule has 0 spiro atoms. The normalized spacial score (nSPS) is 11.1. The van der Waals surface area contributed by atoms with Gasteiger partial charge in [0.2, 0.25) is 0 Å². The lowest BCUT2D eigenvalue weighted by atomic mass is 10.2. The summed E-state index contributed by atoms with van der Waals surface area (Å²) in [6.07, 6.45) is 9.71. The van der Waals surface area contributed by atoms with E-state index in [1.165, 1.54) is 31.2 Å². The molecule has 0 atom stereocenters. The van der Waals surface area contributed by atoms with E-state index in [0.29, 0.717) is 0 Å². The minimum absolute atomic E-state index is 1.23. The van der Waals surface area contributed by atoms with Crippen molar-refractivity contribution in [2.24, 2.45) is 0 Å². The molecule has 0 N–H and O–H groups in total. The third kappa shape index (κ3) is 3.72. The first-order valence-corrected chi connectivity index (χ1v) is 5.56. The third-order valence-corrected chi connectivity index (χ3v) is 2.53. The highest BCUT2D eigenvalue weighted by atomic mass is 32.1. The Balaban J connectivity index is 2.14. The molecule has 0 unspecified atom stereocenters. The van der Waals surface area contributed by atoms with Gasteiger partial charge in [0.05, 0.1) is 0 Å². The van der Waals surface area contributed by atoms with Crippen molar-refractivity contribution in [2.45, 2.75) is 32.6 Å². The van der Waals surface area contributed by atoms with Gasteiger partial charge < -0.3 is 0 Å². The maximum absolute atomic E-state index is 2.28. The summed E-state index contributed by atoms with van der Waals surface area (Å²) in [4.78, 5) is 0. The van der Waals surface area contributed by atoms with Crippen LogP contribution in [0.1, 0.15) is 38.2 Å². The van der Waals surface area contributed by atoms with Gasteiger partial charge in [-0.25, -0.2) is 0 Å². The second-order valence-electron chi connectivity index (χ2n) is 2.95. The quantitative estimate of drug-likeness (QED) is 0.591. The van der Waals surface area contributed by atoms with Crippen molar-refractivity contribution in [1.29, 1.82) is 0 Å². The van der Waals surface area contributed by atoms with Gasteiger partial charge in [-0.2, -0.15) is 11.3 Å². The monoisotopic (exact) mass is 180 g/mol. The van der Waals surface area contributed by atoms with Crippen molar-refractivity contribution in [1.82, 2.24) is 0 Å². The molecule has 0 nitrogen and oxygen atoms in total. The Kier molecular flexibility index (Phi) is 4.77. The molecule has 0 aliphatic heterocycles. The summed E-state index contributed by atoms with van der Waals surface area (Å²) < 4.78 is 0. The van der Waals surface area contributed by atoms with Crippen LogP contribution in [-0.4, -0.2) is 0 Å². The van der Waals surface area contributed by atoms with Gasteiger partial charge in [-0.05, 0) is 35.2 Å². The van der Waals surface area contributed by atoms with Crippen LogP contribution in [0.15, 0.2) is 22.9 Å². The fourth-order valence-electron chi connectivity index (χ4n) is 1.10. The molecule has 0 radical (unpaired) electrons. The lowest BCUT2D eigenvalue weighted by Gasteiger charge is -1.90. The Hall–Kier alpha value is -0.560. The van der Waals surface area contributed by atoms with Crippen LogP contribution in [-0.2, 0) is 0 Å². The number of rotatable bonds is 5. The lowest BCUT2D eigenvalue weighted by Crippen LogP contribution is -1.70. The summed E-state index contributed by atoms with van der Waals surface area (Å²) in [7, 11) is 0. The summed E-state index contributed by atoms with van der Waals surface area (Å²) in [6, 6.07) is 2.15. The summed E-state index contributed by atoms with van der Waals surface area (Å²) in [5.41, 5.74) is 1.34. The standard InChI is InChI=1S/C11H16S/c1-2-3-4-5-6-7-11-8-9-12-10-11/h6-10H,2-5H2,1H3. The second kappa shape index (κ2) is 6.01. The second-order valence-corrected chi connectivity index (χ2v) is 3.73. The Morgan fingerprint density at radius 3 is 3.00 bits per heavy atom. The van der Waals surface area contributed by atoms with Crippen LogP contribution in [0.2, 0.25) is 0 Å². The first-order valence-electron chi connectivity index (χ1n) is 4.62. The molecule has 0 saturated heterocycles. The highest BCUT2D eigenvalue weighted by Gasteiger charge is 1.84. The van der Waals surface area contributed by atoms with Crippen LogP contribution < -0.4 is 0 Å². The zero-order chi connectivity index (χ0) is 8.65. The average Bonchev–Trinajstić information content (AvgIpc) is 2.57. The molecule has 1 aromatic rings. The Morgan fingerprint density at radius 2 is 2.33 bits per heavy atom. The van der Waals surface area contributed by atoms with E-state index in [9.17, 15) is 0 Å². The van der Waals surface area contributed by atoms with Crippen LogP contribution >= 0.6 is 11.3 Å². The van der Waals surface area contributed by atoms with Gasteiger partial charge in [0.25, 0.3) is 0 Å². The van der Waals surface area contributed by atoms with Crippen molar-refractivity contribution < 1.29 is 0 Å². The molecule has 0 aliphatic carbocycles. The van der Waals surface area contributed by atoms with Gasteiger partial charge in [-0.3, -0.25) is 0 Å². The molecule has 0 saturated carbocycles.